The van der Waals surface area contributed by atoms with Crippen molar-refractivity contribution >= 4 is 0 Å². The van der Waals surface area contributed by atoms with E-state index < -0.39 is 0 Å². The van der Waals surface area contributed by atoms with Gasteiger partial charge in [-0.1, -0.05) is 33.1 Å². The maximum atomic E-state index is 4.02. The van der Waals surface area contributed by atoms with E-state index in [1.54, 1.807) is 6.20 Å². The van der Waals surface area contributed by atoms with Gasteiger partial charge in [-0.05, 0) is 42.9 Å². The van der Waals surface area contributed by atoms with Crippen LogP contribution in [0.5, 0.6) is 0 Å². The van der Waals surface area contributed by atoms with Gasteiger partial charge in [-0.15, -0.1) is 0 Å². The van der Waals surface area contributed by atoms with Crippen molar-refractivity contribution in [2.45, 2.75) is 52.0 Å². The average Bonchev–Trinajstić information content (AvgIpc) is 2.46. The number of rotatable bonds is 5. The summed E-state index contributed by atoms with van der Waals surface area (Å²) < 4.78 is 0. The number of nitrogens with one attached hydrogen (secondary N) is 1. The van der Waals surface area contributed by atoms with E-state index in [0.29, 0.717) is 6.04 Å². The highest BCUT2D eigenvalue weighted by Crippen LogP contribution is 2.37. The van der Waals surface area contributed by atoms with Crippen LogP contribution in [0.15, 0.2) is 18.5 Å². The van der Waals surface area contributed by atoms with Crippen molar-refractivity contribution in [3.05, 3.63) is 24.0 Å². The molecule has 0 saturated heterocycles. The van der Waals surface area contributed by atoms with E-state index in [2.05, 4.69) is 35.4 Å². The van der Waals surface area contributed by atoms with E-state index in [1.165, 1.54) is 37.7 Å². The molecule has 100 valence electrons. The monoisotopic (exact) mass is 247 g/mol. The van der Waals surface area contributed by atoms with Gasteiger partial charge in [-0.2, -0.15) is 10.2 Å². The number of hydrogen-bond donors (Lipinski definition) is 1. The molecule has 1 saturated carbocycles. The molecule has 18 heavy (non-hydrogen) atoms. The SMILES string of the molecule is CCNC(c1ccnnc1)C1CCC(CC)CC1. The van der Waals surface area contributed by atoms with Crippen LogP contribution in [0.4, 0.5) is 0 Å². The molecule has 3 heteroatoms. The highest BCUT2D eigenvalue weighted by atomic mass is 15.1. The smallest absolute Gasteiger partial charge is 0.0544 e. The molecular formula is C15H25N3. The van der Waals surface area contributed by atoms with E-state index in [9.17, 15) is 0 Å². The van der Waals surface area contributed by atoms with Crippen LogP contribution in [0.1, 0.15) is 57.6 Å². The zero-order valence-electron chi connectivity index (χ0n) is 11.6. The maximum absolute atomic E-state index is 4.02. The van der Waals surface area contributed by atoms with Crippen LogP contribution in [-0.4, -0.2) is 16.7 Å². The Morgan fingerprint density at radius 2 is 2.00 bits per heavy atom. The predicted molar refractivity (Wildman–Crippen MR) is 74.2 cm³/mol. The Kier molecular flexibility index (Phi) is 5.12. The summed E-state index contributed by atoms with van der Waals surface area (Å²) in [6.45, 7) is 5.51. The summed E-state index contributed by atoms with van der Waals surface area (Å²) in [5, 5.41) is 11.5. The average molecular weight is 247 g/mol. The van der Waals surface area contributed by atoms with Crippen LogP contribution in [-0.2, 0) is 0 Å². The lowest BCUT2D eigenvalue weighted by atomic mass is 9.76. The summed E-state index contributed by atoms with van der Waals surface area (Å²) >= 11 is 0. The second kappa shape index (κ2) is 6.83. The molecule has 1 N–H and O–H groups in total. The molecule has 1 aromatic rings. The van der Waals surface area contributed by atoms with Gasteiger partial charge in [0.1, 0.15) is 0 Å². The number of hydrogen-bond acceptors (Lipinski definition) is 3. The summed E-state index contributed by atoms with van der Waals surface area (Å²) in [4.78, 5) is 0. The molecule has 0 spiro atoms. The van der Waals surface area contributed by atoms with Crippen LogP contribution >= 0.6 is 0 Å². The van der Waals surface area contributed by atoms with Gasteiger partial charge in [0.2, 0.25) is 0 Å². The summed E-state index contributed by atoms with van der Waals surface area (Å²) in [6, 6.07) is 2.56. The van der Waals surface area contributed by atoms with Gasteiger partial charge in [-0.25, -0.2) is 0 Å². The fourth-order valence-corrected chi connectivity index (χ4v) is 3.19. The van der Waals surface area contributed by atoms with Crippen molar-refractivity contribution < 1.29 is 0 Å². The summed E-state index contributed by atoms with van der Waals surface area (Å²) in [5.41, 5.74) is 1.30. The van der Waals surface area contributed by atoms with Crippen LogP contribution in [0, 0.1) is 11.8 Å². The largest absolute Gasteiger partial charge is 0.310 e. The highest BCUT2D eigenvalue weighted by molar-refractivity contribution is 5.13. The Bertz CT molecular complexity index is 331. The predicted octanol–water partition coefficient (Wildman–Crippen LogP) is 3.34. The fourth-order valence-electron chi connectivity index (χ4n) is 3.19. The van der Waals surface area contributed by atoms with Crippen molar-refractivity contribution in [3.63, 3.8) is 0 Å². The lowest BCUT2D eigenvalue weighted by molar-refractivity contribution is 0.220. The molecule has 3 nitrogen and oxygen atoms in total. The maximum Gasteiger partial charge on any atom is 0.0544 e. The van der Waals surface area contributed by atoms with Crippen LogP contribution in [0.3, 0.4) is 0 Å². The molecule has 1 heterocycles. The van der Waals surface area contributed by atoms with Crippen LogP contribution < -0.4 is 5.32 Å². The minimum Gasteiger partial charge on any atom is -0.310 e. The Morgan fingerprint density at radius 1 is 1.22 bits per heavy atom. The fraction of sp³-hybridized carbons (Fsp3) is 0.733. The van der Waals surface area contributed by atoms with E-state index in [0.717, 1.165) is 18.4 Å². The van der Waals surface area contributed by atoms with Crippen molar-refractivity contribution in [3.8, 4) is 0 Å². The topological polar surface area (TPSA) is 37.8 Å². The van der Waals surface area contributed by atoms with Gasteiger partial charge >= 0.3 is 0 Å². The van der Waals surface area contributed by atoms with Crippen molar-refractivity contribution in [1.82, 2.24) is 15.5 Å². The molecule has 1 aliphatic rings. The standard InChI is InChI=1S/C15H25N3/c1-3-12-5-7-13(8-6-12)15(16-4-2)14-9-10-17-18-11-14/h9-13,15-16H,3-8H2,1-2H3. The van der Waals surface area contributed by atoms with Crippen molar-refractivity contribution in [2.75, 3.05) is 6.54 Å². The minimum absolute atomic E-state index is 0.461. The Hall–Kier alpha value is -0.960. The van der Waals surface area contributed by atoms with Crippen molar-refractivity contribution in [2.24, 2.45) is 11.8 Å². The molecule has 1 aromatic heterocycles. The van der Waals surface area contributed by atoms with Crippen molar-refractivity contribution in [1.29, 1.82) is 0 Å². The first-order valence-electron chi connectivity index (χ1n) is 7.35. The van der Waals surface area contributed by atoms with Gasteiger partial charge in [0.25, 0.3) is 0 Å². The highest BCUT2D eigenvalue weighted by Gasteiger charge is 2.27. The van der Waals surface area contributed by atoms with Crippen LogP contribution in [0.2, 0.25) is 0 Å². The molecule has 0 amide bonds. The van der Waals surface area contributed by atoms with E-state index >= 15 is 0 Å². The zero-order chi connectivity index (χ0) is 12.8. The van der Waals surface area contributed by atoms with E-state index in [4.69, 9.17) is 0 Å². The van der Waals surface area contributed by atoms with E-state index in [1.807, 2.05) is 6.20 Å². The Balaban J connectivity index is 2.02. The summed E-state index contributed by atoms with van der Waals surface area (Å²) in [7, 11) is 0. The van der Waals surface area contributed by atoms with Gasteiger partial charge in [0.15, 0.2) is 0 Å². The van der Waals surface area contributed by atoms with Gasteiger partial charge < -0.3 is 5.32 Å². The first-order chi connectivity index (χ1) is 8.85. The molecule has 2 rings (SSSR count). The number of aromatic nitrogens is 2. The molecule has 1 atom stereocenters. The second-order valence-electron chi connectivity index (χ2n) is 5.40. The Morgan fingerprint density at radius 3 is 2.56 bits per heavy atom. The molecule has 0 radical (unpaired) electrons. The second-order valence-corrected chi connectivity index (χ2v) is 5.40. The molecule has 0 aliphatic heterocycles. The molecule has 0 aromatic carbocycles. The lowest BCUT2D eigenvalue weighted by Gasteiger charge is -2.34. The third kappa shape index (κ3) is 3.29. The third-order valence-electron chi connectivity index (χ3n) is 4.33. The molecule has 1 fully saturated rings. The third-order valence-corrected chi connectivity index (χ3v) is 4.33. The molecule has 0 bridgehead atoms. The summed E-state index contributed by atoms with van der Waals surface area (Å²) in [6.07, 6.45) is 10.5. The van der Waals surface area contributed by atoms with E-state index in [-0.39, 0.29) is 0 Å². The summed E-state index contributed by atoms with van der Waals surface area (Å²) in [5.74, 6) is 1.72. The van der Waals surface area contributed by atoms with Gasteiger partial charge in [0, 0.05) is 12.2 Å². The van der Waals surface area contributed by atoms with Gasteiger partial charge in [-0.3, -0.25) is 0 Å². The minimum atomic E-state index is 0.461. The number of nitrogens with zero attached hydrogens (tertiary/aromatic N) is 2. The van der Waals surface area contributed by atoms with Gasteiger partial charge in [0.05, 0.1) is 6.20 Å². The normalized spacial score (nSPS) is 25.9. The first kappa shape index (κ1) is 13.5. The first-order valence-corrected chi connectivity index (χ1v) is 7.35. The van der Waals surface area contributed by atoms with Crippen LogP contribution in [0.25, 0.3) is 0 Å². The zero-order valence-corrected chi connectivity index (χ0v) is 11.6. The Labute approximate surface area is 110 Å². The molecule has 1 aliphatic carbocycles. The molecular weight excluding hydrogens is 222 g/mol. The lowest BCUT2D eigenvalue weighted by Crippen LogP contribution is -2.31. The molecule has 1 unspecified atom stereocenters. The quantitative estimate of drug-likeness (QED) is 0.867.